The van der Waals surface area contributed by atoms with Crippen LogP contribution in [0.4, 0.5) is 20.6 Å². The topological polar surface area (TPSA) is 70.7 Å². The van der Waals surface area contributed by atoms with E-state index < -0.39 is 5.82 Å². The maximum atomic E-state index is 13.2. The normalized spacial score (nSPS) is 16.8. The van der Waals surface area contributed by atoms with E-state index in [2.05, 4.69) is 10.6 Å². The first-order valence-electron chi connectivity index (χ1n) is 8.36. The second-order valence-electron chi connectivity index (χ2n) is 6.10. The lowest BCUT2D eigenvalue weighted by Crippen LogP contribution is -2.46. The number of morpholine rings is 1. The van der Waals surface area contributed by atoms with Crippen molar-refractivity contribution in [2.45, 2.75) is 13.0 Å². The highest BCUT2D eigenvalue weighted by Crippen LogP contribution is 2.16. The Kier molecular flexibility index (Phi) is 5.48. The molecule has 1 aliphatic heterocycles. The summed E-state index contributed by atoms with van der Waals surface area (Å²) in [6.07, 6.45) is -0.00196. The van der Waals surface area contributed by atoms with E-state index in [1.54, 1.807) is 35.2 Å². The lowest BCUT2D eigenvalue weighted by molar-refractivity contribution is -0.00138. The van der Waals surface area contributed by atoms with Gasteiger partial charge < -0.3 is 20.3 Å². The van der Waals surface area contributed by atoms with E-state index in [9.17, 15) is 14.0 Å². The van der Waals surface area contributed by atoms with Crippen molar-refractivity contribution in [3.8, 4) is 0 Å². The van der Waals surface area contributed by atoms with Gasteiger partial charge in [-0.15, -0.1) is 0 Å². The van der Waals surface area contributed by atoms with Crippen LogP contribution in [0.15, 0.2) is 48.5 Å². The van der Waals surface area contributed by atoms with Crippen molar-refractivity contribution >= 4 is 23.3 Å². The molecule has 6 nitrogen and oxygen atoms in total. The van der Waals surface area contributed by atoms with Gasteiger partial charge in [-0.3, -0.25) is 4.79 Å². The highest BCUT2D eigenvalue weighted by atomic mass is 19.1. The maximum absolute atomic E-state index is 13.2. The third kappa shape index (κ3) is 4.58. The molecule has 1 atom stereocenters. The fourth-order valence-corrected chi connectivity index (χ4v) is 2.71. The number of rotatable bonds is 3. The van der Waals surface area contributed by atoms with E-state index in [4.69, 9.17) is 4.74 Å². The Hall–Kier alpha value is -2.93. The predicted octanol–water partition coefficient (Wildman–Crippen LogP) is 3.33. The van der Waals surface area contributed by atoms with E-state index >= 15 is 0 Å². The van der Waals surface area contributed by atoms with Crippen LogP contribution in [0.5, 0.6) is 0 Å². The zero-order chi connectivity index (χ0) is 18.5. The molecule has 2 N–H and O–H groups in total. The molecule has 7 heteroatoms. The molecule has 1 fully saturated rings. The molecule has 0 aromatic heterocycles. The van der Waals surface area contributed by atoms with Gasteiger partial charge in [0.05, 0.1) is 12.7 Å². The van der Waals surface area contributed by atoms with E-state index in [0.29, 0.717) is 36.6 Å². The summed E-state index contributed by atoms with van der Waals surface area (Å²) in [6, 6.07) is 12.0. The van der Waals surface area contributed by atoms with Crippen LogP contribution in [0.2, 0.25) is 0 Å². The molecule has 3 rings (SSSR count). The van der Waals surface area contributed by atoms with Crippen molar-refractivity contribution in [1.82, 2.24) is 4.90 Å². The number of urea groups is 1. The van der Waals surface area contributed by atoms with Crippen LogP contribution in [0.25, 0.3) is 0 Å². The first-order chi connectivity index (χ1) is 12.5. The monoisotopic (exact) mass is 357 g/mol. The van der Waals surface area contributed by atoms with Gasteiger partial charge in [0, 0.05) is 30.0 Å². The molecule has 2 aromatic rings. The van der Waals surface area contributed by atoms with Gasteiger partial charge in [0.25, 0.3) is 5.91 Å². The number of hydrogen-bond donors (Lipinski definition) is 2. The molecule has 26 heavy (non-hydrogen) atoms. The Labute approximate surface area is 150 Å². The molecule has 0 aliphatic carbocycles. The number of benzene rings is 2. The van der Waals surface area contributed by atoms with Crippen molar-refractivity contribution in [3.63, 3.8) is 0 Å². The quantitative estimate of drug-likeness (QED) is 0.885. The second kappa shape index (κ2) is 7.97. The largest absolute Gasteiger partial charge is 0.375 e. The summed E-state index contributed by atoms with van der Waals surface area (Å²) >= 11 is 0. The molecular weight excluding hydrogens is 337 g/mol. The summed E-state index contributed by atoms with van der Waals surface area (Å²) in [4.78, 5) is 26.3. The number of halogens is 1. The van der Waals surface area contributed by atoms with Crippen LogP contribution < -0.4 is 10.6 Å². The third-order valence-electron chi connectivity index (χ3n) is 3.99. The van der Waals surface area contributed by atoms with Crippen molar-refractivity contribution in [1.29, 1.82) is 0 Å². The molecular formula is C19H20FN3O3. The van der Waals surface area contributed by atoms with Crippen LogP contribution in [0.3, 0.4) is 0 Å². The SMILES string of the molecule is CC1CN(C(=O)Nc2cccc(C(=O)Nc3cccc(F)c3)c2)CCO1. The summed E-state index contributed by atoms with van der Waals surface area (Å²) in [5.74, 6) is -0.810. The zero-order valence-corrected chi connectivity index (χ0v) is 14.4. The molecule has 136 valence electrons. The number of anilines is 2. The summed E-state index contributed by atoms with van der Waals surface area (Å²) in [7, 11) is 0. The minimum absolute atomic E-state index is 0.00196. The lowest BCUT2D eigenvalue weighted by atomic mass is 10.2. The van der Waals surface area contributed by atoms with Crippen LogP contribution in [-0.2, 0) is 4.74 Å². The van der Waals surface area contributed by atoms with Crippen LogP contribution in [0, 0.1) is 5.82 Å². The standard InChI is InChI=1S/C19H20FN3O3/c1-13-12-23(8-9-26-13)19(25)22-16-6-2-4-14(10-16)18(24)21-17-7-3-5-15(20)11-17/h2-7,10-11,13H,8-9,12H2,1H3,(H,21,24)(H,22,25). The average Bonchev–Trinajstić information content (AvgIpc) is 2.62. The van der Waals surface area contributed by atoms with Gasteiger partial charge in [0.1, 0.15) is 5.82 Å². The molecule has 0 radical (unpaired) electrons. The first kappa shape index (κ1) is 17.9. The maximum Gasteiger partial charge on any atom is 0.322 e. The van der Waals surface area contributed by atoms with Crippen molar-refractivity contribution in [3.05, 3.63) is 59.9 Å². The van der Waals surface area contributed by atoms with Crippen LogP contribution in [0.1, 0.15) is 17.3 Å². The molecule has 1 aliphatic rings. The van der Waals surface area contributed by atoms with Crippen molar-refractivity contribution in [2.24, 2.45) is 0 Å². The zero-order valence-electron chi connectivity index (χ0n) is 14.4. The van der Waals surface area contributed by atoms with Gasteiger partial charge in [-0.1, -0.05) is 12.1 Å². The number of nitrogens with zero attached hydrogens (tertiary/aromatic N) is 1. The lowest BCUT2D eigenvalue weighted by Gasteiger charge is -2.31. The number of carbonyl (C=O) groups excluding carboxylic acids is 2. The highest BCUT2D eigenvalue weighted by Gasteiger charge is 2.21. The van der Waals surface area contributed by atoms with E-state index in [-0.39, 0.29) is 18.0 Å². The molecule has 3 amide bonds. The number of ether oxygens (including phenoxy) is 1. The minimum Gasteiger partial charge on any atom is -0.375 e. The van der Waals surface area contributed by atoms with Crippen LogP contribution in [-0.4, -0.2) is 42.6 Å². The average molecular weight is 357 g/mol. The third-order valence-corrected chi connectivity index (χ3v) is 3.99. The molecule has 1 saturated heterocycles. The molecule has 1 unspecified atom stereocenters. The summed E-state index contributed by atoms with van der Waals surface area (Å²) in [5, 5.41) is 5.42. The Morgan fingerprint density at radius 1 is 1.12 bits per heavy atom. The van der Waals surface area contributed by atoms with Gasteiger partial charge in [0.15, 0.2) is 0 Å². The Balaban J connectivity index is 1.65. The number of nitrogens with one attached hydrogen (secondary N) is 2. The van der Waals surface area contributed by atoms with Crippen molar-refractivity contribution in [2.75, 3.05) is 30.3 Å². The summed E-state index contributed by atoms with van der Waals surface area (Å²) in [6.45, 7) is 3.46. The molecule has 0 saturated carbocycles. The Bertz CT molecular complexity index is 812. The second-order valence-corrected chi connectivity index (χ2v) is 6.10. The van der Waals surface area contributed by atoms with E-state index in [1.807, 2.05) is 6.92 Å². The summed E-state index contributed by atoms with van der Waals surface area (Å²) in [5.41, 5.74) is 1.25. The summed E-state index contributed by atoms with van der Waals surface area (Å²) < 4.78 is 18.6. The molecule has 0 spiro atoms. The molecule has 2 aromatic carbocycles. The van der Waals surface area contributed by atoms with Gasteiger partial charge in [0.2, 0.25) is 0 Å². The molecule has 1 heterocycles. The Morgan fingerprint density at radius 2 is 1.85 bits per heavy atom. The van der Waals surface area contributed by atoms with Gasteiger partial charge in [-0.2, -0.15) is 0 Å². The number of hydrogen-bond acceptors (Lipinski definition) is 3. The fraction of sp³-hybridized carbons (Fsp3) is 0.263. The van der Waals surface area contributed by atoms with Gasteiger partial charge >= 0.3 is 6.03 Å². The first-order valence-corrected chi connectivity index (χ1v) is 8.36. The highest BCUT2D eigenvalue weighted by molar-refractivity contribution is 6.05. The van der Waals surface area contributed by atoms with Crippen LogP contribution >= 0.6 is 0 Å². The fourth-order valence-electron chi connectivity index (χ4n) is 2.71. The van der Waals surface area contributed by atoms with E-state index in [1.165, 1.54) is 18.2 Å². The number of carbonyl (C=O) groups is 2. The number of amides is 3. The predicted molar refractivity (Wildman–Crippen MR) is 96.8 cm³/mol. The van der Waals surface area contributed by atoms with Crippen molar-refractivity contribution < 1.29 is 18.7 Å². The van der Waals surface area contributed by atoms with E-state index in [0.717, 1.165) is 0 Å². The Morgan fingerprint density at radius 3 is 2.58 bits per heavy atom. The van der Waals surface area contributed by atoms with Gasteiger partial charge in [-0.05, 0) is 43.3 Å². The smallest absolute Gasteiger partial charge is 0.322 e. The minimum atomic E-state index is -0.427. The molecule has 0 bridgehead atoms. The van der Waals surface area contributed by atoms with Gasteiger partial charge in [-0.25, -0.2) is 9.18 Å².